The molecule has 0 amide bonds. The van der Waals surface area contributed by atoms with Crippen LogP contribution >= 0.6 is 11.8 Å². The molecule has 0 saturated carbocycles. The smallest absolute Gasteiger partial charge is 0.151 e. The Labute approximate surface area is 97.8 Å². The highest BCUT2D eigenvalue weighted by atomic mass is 32.2. The molecular weight excluding hydrogens is 206 g/mol. The van der Waals surface area contributed by atoms with E-state index in [1.54, 1.807) is 0 Å². The molecule has 1 saturated heterocycles. The van der Waals surface area contributed by atoms with E-state index in [1.165, 1.54) is 5.75 Å². The number of carbonyl (C=O) groups excluding carboxylic acids is 1. The Bertz CT molecular complexity index is 204. The maximum absolute atomic E-state index is 12.1. The summed E-state index contributed by atoms with van der Waals surface area (Å²) < 4.78 is 0. The third-order valence-electron chi connectivity index (χ3n) is 3.41. The molecule has 1 aliphatic heterocycles. The van der Waals surface area contributed by atoms with Crippen molar-refractivity contribution in [1.29, 1.82) is 0 Å². The fraction of sp³-hybridized carbons (Fsp3) is 0.917. The van der Waals surface area contributed by atoms with Gasteiger partial charge < -0.3 is 0 Å². The summed E-state index contributed by atoms with van der Waals surface area (Å²) >= 11 is 1.91. The summed E-state index contributed by atoms with van der Waals surface area (Å²) in [6.07, 6.45) is 3.04. The van der Waals surface area contributed by atoms with Gasteiger partial charge in [-0.3, -0.25) is 9.69 Å². The number of likely N-dealkylation sites (N-methyl/N-ethyl adjacent to an activating group) is 1. The molecule has 2 nitrogen and oxygen atoms in total. The predicted molar refractivity (Wildman–Crippen MR) is 67.4 cm³/mol. The van der Waals surface area contributed by atoms with E-state index in [9.17, 15) is 4.79 Å². The first-order chi connectivity index (χ1) is 7.19. The summed E-state index contributed by atoms with van der Waals surface area (Å²) in [5.74, 6) is 3.22. The van der Waals surface area contributed by atoms with Crippen LogP contribution in [0.2, 0.25) is 0 Å². The highest BCUT2D eigenvalue weighted by Gasteiger charge is 2.26. The zero-order chi connectivity index (χ0) is 11.3. The Morgan fingerprint density at radius 1 is 1.47 bits per heavy atom. The maximum Gasteiger partial charge on any atom is 0.151 e. The van der Waals surface area contributed by atoms with Crippen molar-refractivity contribution in [2.45, 2.75) is 39.2 Å². The molecule has 0 bridgehead atoms. The molecule has 1 fully saturated rings. The molecule has 0 aromatic rings. The quantitative estimate of drug-likeness (QED) is 0.722. The van der Waals surface area contributed by atoms with Gasteiger partial charge >= 0.3 is 0 Å². The Morgan fingerprint density at radius 2 is 2.13 bits per heavy atom. The van der Waals surface area contributed by atoms with Crippen LogP contribution in [-0.4, -0.2) is 41.8 Å². The molecule has 0 spiro atoms. The number of carbonyl (C=O) groups is 1. The van der Waals surface area contributed by atoms with E-state index >= 15 is 0 Å². The molecule has 1 atom stereocenters. The maximum atomic E-state index is 12.1. The lowest BCUT2D eigenvalue weighted by molar-refractivity contribution is -0.124. The van der Waals surface area contributed by atoms with Crippen molar-refractivity contribution in [2.24, 2.45) is 5.92 Å². The number of ketones is 1. The van der Waals surface area contributed by atoms with E-state index in [1.807, 2.05) is 11.8 Å². The molecule has 0 N–H and O–H groups in total. The normalized spacial score (nSPS) is 23.3. The second-order valence-corrected chi connectivity index (χ2v) is 5.57. The highest BCUT2D eigenvalue weighted by molar-refractivity contribution is 7.99. The van der Waals surface area contributed by atoms with Crippen LogP contribution < -0.4 is 0 Å². The van der Waals surface area contributed by atoms with Gasteiger partial charge in [0.05, 0.1) is 6.04 Å². The molecule has 0 aromatic carbocycles. The van der Waals surface area contributed by atoms with Crippen molar-refractivity contribution in [3.8, 4) is 0 Å². The van der Waals surface area contributed by atoms with E-state index in [0.717, 1.165) is 31.6 Å². The summed E-state index contributed by atoms with van der Waals surface area (Å²) in [5, 5.41) is 0. The summed E-state index contributed by atoms with van der Waals surface area (Å²) in [5.41, 5.74) is 0. The van der Waals surface area contributed by atoms with Crippen molar-refractivity contribution in [2.75, 3.05) is 25.1 Å². The minimum absolute atomic E-state index is 0.185. The second-order valence-electron chi connectivity index (χ2n) is 4.42. The number of nitrogens with zero attached hydrogens (tertiary/aromatic N) is 1. The number of hydrogen-bond donors (Lipinski definition) is 0. The highest BCUT2D eigenvalue weighted by Crippen LogP contribution is 2.20. The predicted octanol–water partition coefficient (Wildman–Crippen LogP) is 2.43. The molecule has 1 heterocycles. The van der Waals surface area contributed by atoms with Crippen molar-refractivity contribution >= 4 is 17.5 Å². The van der Waals surface area contributed by atoms with Gasteiger partial charge in [0.15, 0.2) is 5.78 Å². The van der Waals surface area contributed by atoms with Gasteiger partial charge in [0.1, 0.15) is 0 Å². The van der Waals surface area contributed by atoms with Gasteiger partial charge in [0.25, 0.3) is 0 Å². The fourth-order valence-electron chi connectivity index (χ4n) is 2.02. The van der Waals surface area contributed by atoms with Gasteiger partial charge in [-0.1, -0.05) is 26.7 Å². The van der Waals surface area contributed by atoms with Crippen LogP contribution in [-0.2, 0) is 4.79 Å². The van der Waals surface area contributed by atoms with Crippen molar-refractivity contribution < 1.29 is 4.79 Å². The topological polar surface area (TPSA) is 20.3 Å². The molecule has 0 aromatic heterocycles. The van der Waals surface area contributed by atoms with Crippen molar-refractivity contribution in [1.82, 2.24) is 4.90 Å². The third kappa shape index (κ3) is 3.80. The van der Waals surface area contributed by atoms with Crippen LogP contribution in [0.5, 0.6) is 0 Å². The van der Waals surface area contributed by atoms with Crippen molar-refractivity contribution in [3.63, 3.8) is 0 Å². The first kappa shape index (κ1) is 13.0. The zero-order valence-electron chi connectivity index (χ0n) is 10.2. The Hall–Kier alpha value is -0.0200. The summed E-state index contributed by atoms with van der Waals surface area (Å²) in [7, 11) is 2.08. The second kappa shape index (κ2) is 6.54. The lowest BCUT2D eigenvalue weighted by Gasteiger charge is -2.31. The number of thioether (sulfide) groups is 1. The Morgan fingerprint density at radius 3 is 2.67 bits per heavy atom. The molecule has 0 aliphatic carbocycles. The number of rotatable bonds is 5. The standard InChI is InChI=1S/C12H23NOS/c1-4-10(5-2)8-12(14)11-9-15-7-6-13(11)3/h10-11H,4-9H2,1-3H3. The molecular formula is C12H23NOS. The summed E-state index contributed by atoms with van der Waals surface area (Å²) in [6, 6.07) is 0.185. The molecule has 1 unspecified atom stereocenters. The van der Waals surface area contributed by atoms with Crippen LogP contribution in [0.1, 0.15) is 33.1 Å². The van der Waals surface area contributed by atoms with Gasteiger partial charge in [-0.25, -0.2) is 0 Å². The monoisotopic (exact) mass is 229 g/mol. The van der Waals surface area contributed by atoms with Gasteiger partial charge in [0.2, 0.25) is 0 Å². The van der Waals surface area contributed by atoms with E-state index in [4.69, 9.17) is 0 Å². The van der Waals surface area contributed by atoms with Gasteiger partial charge in [-0.2, -0.15) is 11.8 Å². The molecule has 15 heavy (non-hydrogen) atoms. The lowest BCUT2D eigenvalue weighted by atomic mass is 9.94. The molecule has 1 rings (SSSR count). The summed E-state index contributed by atoms with van der Waals surface area (Å²) in [6.45, 7) is 5.42. The largest absolute Gasteiger partial charge is 0.298 e. The van der Waals surface area contributed by atoms with Gasteiger partial charge in [-0.15, -0.1) is 0 Å². The Balaban J connectivity index is 2.44. The Kier molecular flexibility index (Phi) is 5.69. The van der Waals surface area contributed by atoms with Crippen LogP contribution in [0, 0.1) is 5.92 Å². The van der Waals surface area contributed by atoms with Crippen LogP contribution in [0.15, 0.2) is 0 Å². The first-order valence-electron chi connectivity index (χ1n) is 5.99. The van der Waals surface area contributed by atoms with Gasteiger partial charge in [0, 0.05) is 24.5 Å². The van der Waals surface area contributed by atoms with E-state index in [2.05, 4.69) is 25.8 Å². The van der Waals surface area contributed by atoms with Gasteiger partial charge in [-0.05, 0) is 13.0 Å². The summed E-state index contributed by atoms with van der Waals surface area (Å²) in [4.78, 5) is 14.3. The van der Waals surface area contributed by atoms with E-state index in [-0.39, 0.29) is 6.04 Å². The van der Waals surface area contributed by atoms with Crippen LogP contribution in [0.3, 0.4) is 0 Å². The molecule has 3 heteroatoms. The van der Waals surface area contributed by atoms with E-state index < -0.39 is 0 Å². The molecule has 88 valence electrons. The zero-order valence-corrected chi connectivity index (χ0v) is 11.0. The van der Waals surface area contributed by atoms with Crippen LogP contribution in [0.4, 0.5) is 0 Å². The molecule has 1 aliphatic rings. The number of Topliss-reactive ketones (excluding diaryl/α,β-unsaturated/α-hetero) is 1. The molecule has 0 radical (unpaired) electrons. The third-order valence-corrected chi connectivity index (χ3v) is 4.44. The van der Waals surface area contributed by atoms with Crippen molar-refractivity contribution in [3.05, 3.63) is 0 Å². The first-order valence-corrected chi connectivity index (χ1v) is 7.15. The van der Waals surface area contributed by atoms with E-state index in [0.29, 0.717) is 11.7 Å². The minimum Gasteiger partial charge on any atom is -0.298 e. The minimum atomic E-state index is 0.185. The van der Waals surface area contributed by atoms with Crippen LogP contribution in [0.25, 0.3) is 0 Å². The fourth-order valence-corrected chi connectivity index (χ4v) is 3.27. The average molecular weight is 229 g/mol. The average Bonchev–Trinajstić information content (AvgIpc) is 2.26. The number of hydrogen-bond acceptors (Lipinski definition) is 3. The lowest BCUT2D eigenvalue weighted by Crippen LogP contribution is -2.45. The SMILES string of the molecule is CCC(CC)CC(=O)C1CSCCN1C.